The van der Waals surface area contributed by atoms with E-state index in [-0.39, 0.29) is 0 Å². The van der Waals surface area contributed by atoms with Crippen LogP contribution >= 0.6 is 7.37 Å². The van der Waals surface area contributed by atoms with Gasteiger partial charge in [-0.25, -0.2) is 0 Å². The maximum absolute atomic E-state index is 11.6. The highest BCUT2D eigenvalue weighted by Gasteiger charge is 2.22. The topological polar surface area (TPSA) is 35.5 Å². The molecule has 0 amide bonds. The van der Waals surface area contributed by atoms with Crippen LogP contribution in [0.1, 0.15) is 12.8 Å². The summed E-state index contributed by atoms with van der Waals surface area (Å²) < 4.78 is 21.8. The highest BCUT2D eigenvalue weighted by Crippen LogP contribution is 2.44. The van der Waals surface area contributed by atoms with Crippen molar-refractivity contribution in [1.82, 2.24) is 0 Å². The fourth-order valence-corrected chi connectivity index (χ4v) is 2.92. The van der Waals surface area contributed by atoms with Crippen molar-refractivity contribution in [3.8, 4) is 0 Å². The van der Waals surface area contributed by atoms with Crippen LogP contribution in [-0.2, 0) is 13.8 Å². The molecule has 1 atom stereocenters. The summed E-state index contributed by atoms with van der Waals surface area (Å²) in [4.78, 5) is 0. The number of ether oxygens (including phenoxy) is 1. The Morgan fingerprint density at radius 3 is 2.58 bits per heavy atom. The molecule has 1 fully saturated rings. The van der Waals surface area contributed by atoms with Gasteiger partial charge >= 0.3 is 0 Å². The van der Waals surface area contributed by atoms with E-state index in [4.69, 9.17) is 9.26 Å². The lowest BCUT2D eigenvalue weighted by molar-refractivity contribution is 0.0717. The molecule has 12 heavy (non-hydrogen) atoms. The van der Waals surface area contributed by atoms with E-state index < -0.39 is 7.37 Å². The van der Waals surface area contributed by atoms with E-state index in [1.54, 1.807) is 6.66 Å². The summed E-state index contributed by atoms with van der Waals surface area (Å²) in [5.74, 6) is 0.537. The Balaban J connectivity index is 2.34. The molecule has 4 heteroatoms. The SMILES string of the molecule is COP(C)(=O)CC1CCOCC1. The molecule has 0 N–H and O–H groups in total. The van der Waals surface area contributed by atoms with E-state index in [0.29, 0.717) is 12.1 Å². The Morgan fingerprint density at radius 2 is 2.08 bits per heavy atom. The molecular weight excluding hydrogens is 175 g/mol. The van der Waals surface area contributed by atoms with Crippen LogP contribution in [0.15, 0.2) is 0 Å². The Bertz CT molecular complexity index is 175. The molecule has 0 saturated carbocycles. The third kappa shape index (κ3) is 3.26. The van der Waals surface area contributed by atoms with Crippen LogP contribution in [-0.4, -0.2) is 33.2 Å². The monoisotopic (exact) mass is 192 g/mol. The second-order valence-electron chi connectivity index (χ2n) is 3.44. The minimum atomic E-state index is -2.30. The quantitative estimate of drug-likeness (QED) is 0.641. The molecule has 0 aliphatic carbocycles. The first kappa shape index (κ1) is 10.2. The minimum Gasteiger partial charge on any atom is -0.381 e. The van der Waals surface area contributed by atoms with Gasteiger partial charge in [-0.1, -0.05) is 0 Å². The zero-order valence-corrected chi connectivity index (χ0v) is 8.68. The molecule has 1 rings (SSSR count). The van der Waals surface area contributed by atoms with Crippen molar-refractivity contribution in [2.45, 2.75) is 12.8 Å². The number of hydrogen-bond acceptors (Lipinski definition) is 3. The van der Waals surface area contributed by atoms with Gasteiger partial charge in [0.05, 0.1) is 0 Å². The van der Waals surface area contributed by atoms with Crippen molar-refractivity contribution in [3.63, 3.8) is 0 Å². The Kier molecular flexibility index (Phi) is 3.76. The molecule has 1 aliphatic rings. The molecule has 0 aromatic heterocycles. The van der Waals surface area contributed by atoms with Crippen LogP contribution in [0, 0.1) is 5.92 Å². The molecule has 0 aromatic carbocycles. The Labute approximate surface area is 73.9 Å². The van der Waals surface area contributed by atoms with Gasteiger partial charge in [0.2, 0.25) is 0 Å². The lowest BCUT2D eigenvalue weighted by Gasteiger charge is -2.24. The third-order valence-electron chi connectivity index (χ3n) is 2.32. The summed E-state index contributed by atoms with van der Waals surface area (Å²) in [6.07, 6.45) is 2.77. The van der Waals surface area contributed by atoms with Gasteiger partial charge in [0, 0.05) is 33.2 Å². The van der Waals surface area contributed by atoms with E-state index in [0.717, 1.165) is 26.1 Å². The van der Waals surface area contributed by atoms with Gasteiger partial charge in [0.1, 0.15) is 0 Å². The second kappa shape index (κ2) is 4.40. The summed E-state index contributed by atoms with van der Waals surface area (Å²) in [6, 6.07) is 0. The van der Waals surface area contributed by atoms with E-state index >= 15 is 0 Å². The molecule has 1 aliphatic heterocycles. The molecule has 1 unspecified atom stereocenters. The molecule has 0 bridgehead atoms. The van der Waals surface area contributed by atoms with Gasteiger partial charge in [-0.05, 0) is 18.8 Å². The summed E-state index contributed by atoms with van der Waals surface area (Å²) in [7, 11) is -0.770. The van der Waals surface area contributed by atoms with Crippen molar-refractivity contribution in [1.29, 1.82) is 0 Å². The highest BCUT2D eigenvalue weighted by molar-refractivity contribution is 7.58. The molecular formula is C8H17O3P. The number of hydrogen-bond donors (Lipinski definition) is 0. The van der Waals surface area contributed by atoms with Crippen molar-refractivity contribution >= 4 is 7.37 Å². The minimum absolute atomic E-state index is 0.537. The third-order valence-corrected chi connectivity index (χ3v) is 4.27. The van der Waals surface area contributed by atoms with Crippen molar-refractivity contribution in [2.24, 2.45) is 5.92 Å². The summed E-state index contributed by atoms with van der Waals surface area (Å²) >= 11 is 0. The zero-order chi connectivity index (χ0) is 9.03. The van der Waals surface area contributed by atoms with Gasteiger partial charge < -0.3 is 9.26 Å². The lowest BCUT2D eigenvalue weighted by Crippen LogP contribution is -2.18. The first-order chi connectivity index (χ1) is 5.64. The van der Waals surface area contributed by atoms with Crippen LogP contribution < -0.4 is 0 Å². The predicted molar refractivity (Wildman–Crippen MR) is 48.9 cm³/mol. The fraction of sp³-hybridized carbons (Fsp3) is 1.00. The van der Waals surface area contributed by atoms with Crippen LogP contribution in [0.4, 0.5) is 0 Å². The zero-order valence-electron chi connectivity index (χ0n) is 7.78. The Morgan fingerprint density at radius 1 is 1.50 bits per heavy atom. The van der Waals surface area contributed by atoms with E-state index in [2.05, 4.69) is 0 Å². The van der Waals surface area contributed by atoms with Crippen LogP contribution in [0.25, 0.3) is 0 Å². The first-order valence-corrected chi connectivity index (χ1v) is 6.60. The second-order valence-corrected chi connectivity index (χ2v) is 6.19. The van der Waals surface area contributed by atoms with Gasteiger partial charge in [-0.3, -0.25) is 4.57 Å². The molecule has 1 heterocycles. The molecule has 72 valence electrons. The van der Waals surface area contributed by atoms with Gasteiger partial charge in [-0.15, -0.1) is 0 Å². The maximum Gasteiger partial charge on any atom is 0.200 e. The summed E-state index contributed by atoms with van der Waals surface area (Å²) in [5, 5.41) is 0. The predicted octanol–water partition coefficient (Wildman–Crippen LogP) is 1.97. The smallest absolute Gasteiger partial charge is 0.200 e. The van der Waals surface area contributed by atoms with E-state index in [9.17, 15) is 4.57 Å². The molecule has 0 radical (unpaired) electrons. The fourth-order valence-electron chi connectivity index (χ4n) is 1.47. The van der Waals surface area contributed by atoms with E-state index in [1.165, 1.54) is 7.11 Å². The lowest BCUT2D eigenvalue weighted by atomic mass is 10.0. The van der Waals surface area contributed by atoms with Gasteiger partial charge in [0.15, 0.2) is 7.37 Å². The van der Waals surface area contributed by atoms with Crippen LogP contribution in [0.2, 0.25) is 0 Å². The van der Waals surface area contributed by atoms with Crippen LogP contribution in [0.5, 0.6) is 0 Å². The largest absolute Gasteiger partial charge is 0.381 e. The van der Waals surface area contributed by atoms with E-state index in [1.807, 2.05) is 0 Å². The van der Waals surface area contributed by atoms with Crippen molar-refractivity contribution in [3.05, 3.63) is 0 Å². The molecule has 0 aromatic rings. The maximum atomic E-state index is 11.6. The molecule has 1 saturated heterocycles. The normalized spacial score (nSPS) is 25.2. The van der Waals surface area contributed by atoms with Gasteiger partial charge in [0.25, 0.3) is 0 Å². The van der Waals surface area contributed by atoms with Crippen molar-refractivity contribution < 1.29 is 13.8 Å². The first-order valence-electron chi connectivity index (χ1n) is 4.34. The standard InChI is InChI=1S/C8H17O3P/c1-10-12(2,9)7-8-3-5-11-6-4-8/h8H,3-7H2,1-2H3. The summed E-state index contributed by atoms with van der Waals surface area (Å²) in [5.41, 5.74) is 0. The van der Waals surface area contributed by atoms with Crippen molar-refractivity contribution in [2.75, 3.05) is 33.2 Å². The highest BCUT2D eigenvalue weighted by atomic mass is 31.2. The molecule has 3 nitrogen and oxygen atoms in total. The van der Waals surface area contributed by atoms with Crippen LogP contribution in [0.3, 0.4) is 0 Å². The van der Waals surface area contributed by atoms with Gasteiger partial charge in [-0.2, -0.15) is 0 Å². The summed E-state index contributed by atoms with van der Waals surface area (Å²) in [6.45, 7) is 3.34. The average Bonchev–Trinajstić information content (AvgIpc) is 2.06. The number of rotatable bonds is 3. The Hall–Kier alpha value is 0.150. The molecule has 0 spiro atoms. The average molecular weight is 192 g/mol.